The van der Waals surface area contributed by atoms with Crippen molar-refractivity contribution in [1.29, 1.82) is 0 Å². The lowest BCUT2D eigenvalue weighted by molar-refractivity contribution is 0.121. The molecule has 1 heterocycles. The molecule has 0 bridgehead atoms. The number of nitrogens with zero attached hydrogens (tertiary/aromatic N) is 1. The second-order valence-electron chi connectivity index (χ2n) is 7.58. The van der Waals surface area contributed by atoms with Crippen molar-refractivity contribution >= 4 is 0 Å². The first-order valence-electron chi connectivity index (χ1n) is 9.05. The van der Waals surface area contributed by atoms with E-state index >= 15 is 0 Å². The zero-order valence-corrected chi connectivity index (χ0v) is 16.8. The van der Waals surface area contributed by atoms with Gasteiger partial charge in [-0.1, -0.05) is 66.7 Å². The standard InChI is InChI=1S/C17H27N.2C2H6/c1-16(2,3)15-8-7-14-12-18(17(4,5)6)10-9-13(14)11-15;2*1-2/h7-8,11H,9-10,12H2,1-6H3;2*1-2H3. The number of rotatable bonds is 0. The molecule has 1 aliphatic rings. The first-order valence-corrected chi connectivity index (χ1v) is 9.05. The third-order valence-electron chi connectivity index (χ3n) is 4.03. The van der Waals surface area contributed by atoms with E-state index in [0.717, 1.165) is 6.54 Å². The lowest BCUT2D eigenvalue weighted by Gasteiger charge is -2.39. The third-order valence-corrected chi connectivity index (χ3v) is 4.03. The van der Waals surface area contributed by atoms with Gasteiger partial charge in [0.25, 0.3) is 0 Å². The Morgan fingerprint density at radius 3 is 1.82 bits per heavy atom. The van der Waals surface area contributed by atoms with Gasteiger partial charge in [-0.25, -0.2) is 0 Å². The SMILES string of the molecule is CC.CC.CC(C)(C)c1ccc2c(c1)CCN(C(C)(C)C)C2. The molecule has 22 heavy (non-hydrogen) atoms. The smallest absolute Gasteiger partial charge is 0.0241 e. The molecule has 0 atom stereocenters. The highest BCUT2D eigenvalue weighted by atomic mass is 15.2. The predicted molar refractivity (Wildman–Crippen MR) is 102 cm³/mol. The molecule has 0 radical (unpaired) electrons. The maximum Gasteiger partial charge on any atom is 0.0241 e. The Bertz CT molecular complexity index is 432. The molecule has 128 valence electrons. The molecule has 0 aliphatic carbocycles. The maximum absolute atomic E-state index is 2.58. The second-order valence-corrected chi connectivity index (χ2v) is 7.58. The van der Waals surface area contributed by atoms with Gasteiger partial charge in [-0.3, -0.25) is 4.90 Å². The molecule has 1 aromatic rings. The van der Waals surface area contributed by atoms with Gasteiger partial charge < -0.3 is 0 Å². The number of benzene rings is 1. The van der Waals surface area contributed by atoms with Crippen LogP contribution in [0.15, 0.2) is 18.2 Å². The largest absolute Gasteiger partial charge is 0.294 e. The molecule has 0 saturated carbocycles. The van der Waals surface area contributed by atoms with E-state index in [0.29, 0.717) is 0 Å². The number of fused-ring (bicyclic) bond motifs is 1. The van der Waals surface area contributed by atoms with Crippen LogP contribution in [0, 0.1) is 0 Å². The van der Waals surface area contributed by atoms with Gasteiger partial charge in [0, 0.05) is 18.6 Å². The molecule has 1 aliphatic heterocycles. The van der Waals surface area contributed by atoms with Crippen LogP contribution in [-0.2, 0) is 18.4 Å². The van der Waals surface area contributed by atoms with Crippen LogP contribution >= 0.6 is 0 Å². The highest BCUT2D eigenvalue weighted by Gasteiger charge is 2.26. The Labute approximate surface area is 140 Å². The van der Waals surface area contributed by atoms with Crippen LogP contribution in [0.2, 0.25) is 0 Å². The summed E-state index contributed by atoms with van der Waals surface area (Å²) in [5.74, 6) is 0. The average molecular weight is 306 g/mol. The molecule has 0 fully saturated rings. The van der Waals surface area contributed by atoms with Crippen LogP contribution in [0.1, 0.15) is 85.9 Å². The van der Waals surface area contributed by atoms with E-state index in [-0.39, 0.29) is 11.0 Å². The summed E-state index contributed by atoms with van der Waals surface area (Å²) in [6.07, 6.45) is 1.19. The lowest BCUT2D eigenvalue weighted by atomic mass is 9.83. The van der Waals surface area contributed by atoms with E-state index < -0.39 is 0 Å². The maximum atomic E-state index is 2.58. The van der Waals surface area contributed by atoms with Crippen molar-refractivity contribution < 1.29 is 0 Å². The van der Waals surface area contributed by atoms with Gasteiger partial charge in [0.05, 0.1) is 0 Å². The van der Waals surface area contributed by atoms with Crippen molar-refractivity contribution in [3.05, 3.63) is 34.9 Å². The van der Waals surface area contributed by atoms with E-state index in [1.54, 1.807) is 5.56 Å². The molecule has 0 spiro atoms. The molecule has 0 saturated heterocycles. The summed E-state index contributed by atoms with van der Waals surface area (Å²) in [4.78, 5) is 2.58. The van der Waals surface area contributed by atoms with E-state index in [9.17, 15) is 0 Å². The molecule has 1 heteroatoms. The van der Waals surface area contributed by atoms with Crippen LogP contribution in [0.3, 0.4) is 0 Å². The van der Waals surface area contributed by atoms with Gasteiger partial charge >= 0.3 is 0 Å². The van der Waals surface area contributed by atoms with Gasteiger partial charge in [0.15, 0.2) is 0 Å². The summed E-state index contributed by atoms with van der Waals surface area (Å²) in [7, 11) is 0. The van der Waals surface area contributed by atoms with Gasteiger partial charge in [0.1, 0.15) is 0 Å². The highest BCUT2D eigenvalue weighted by Crippen LogP contribution is 2.29. The third kappa shape index (κ3) is 5.76. The van der Waals surface area contributed by atoms with Crippen molar-refractivity contribution in [3.63, 3.8) is 0 Å². The monoisotopic (exact) mass is 305 g/mol. The van der Waals surface area contributed by atoms with Crippen molar-refractivity contribution in [2.45, 2.75) is 93.2 Å². The Hall–Kier alpha value is -0.820. The fourth-order valence-electron chi connectivity index (χ4n) is 2.59. The predicted octanol–water partition coefficient (Wildman–Crippen LogP) is 6.19. The molecule has 0 unspecified atom stereocenters. The van der Waals surface area contributed by atoms with Crippen molar-refractivity contribution in [2.24, 2.45) is 0 Å². The van der Waals surface area contributed by atoms with Crippen LogP contribution in [-0.4, -0.2) is 17.0 Å². The molecule has 0 N–H and O–H groups in total. The van der Waals surface area contributed by atoms with Crippen LogP contribution in [0.4, 0.5) is 0 Å². The molecule has 2 rings (SSSR count). The van der Waals surface area contributed by atoms with Gasteiger partial charge in [-0.05, 0) is 49.3 Å². The molecular weight excluding hydrogens is 266 g/mol. The van der Waals surface area contributed by atoms with Crippen LogP contribution in [0.25, 0.3) is 0 Å². The van der Waals surface area contributed by atoms with E-state index in [4.69, 9.17) is 0 Å². The van der Waals surface area contributed by atoms with Crippen LogP contribution < -0.4 is 0 Å². The van der Waals surface area contributed by atoms with Gasteiger partial charge in [-0.2, -0.15) is 0 Å². The number of hydrogen-bond donors (Lipinski definition) is 0. The fourth-order valence-corrected chi connectivity index (χ4v) is 2.59. The Morgan fingerprint density at radius 1 is 0.818 bits per heavy atom. The average Bonchev–Trinajstić information content (AvgIpc) is 2.48. The fraction of sp³-hybridized carbons (Fsp3) is 0.714. The minimum absolute atomic E-state index is 0.260. The summed E-state index contributed by atoms with van der Waals surface area (Å²) in [6, 6.07) is 7.08. The van der Waals surface area contributed by atoms with E-state index in [2.05, 4.69) is 64.6 Å². The summed E-state index contributed by atoms with van der Waals surface area (Å²) >= 11 is 0. The summed E-state index contributed by atoms with van der Waals surface area (Å²) in [6.45, 7) is 24.1. The Kier molecular flexibility index (Phi) is 8.39. The van der Waals surface area contributed by atoms with Crippen molar-refractivity contribution in [3.8, 4) is 0 Å². The molecule has 1 nitrogen and oxygen atoms in total. The Balaban J connectivity index is 0.00000102. The first kappa shape index (κ1) is 21.2. The van der Waals surface area contributed by atoms with Gasteiger partial charge in [-0.15, -0.1) is 0 Å². The van der Waals surface area contributed by atoms with Crippen molar-refractivity contribution in [2.75, 3.05) is 6.54 Å². The lowest BCUT2D eigenvalue weighted by Crippen LogP contribution is -2.44. The van der Waals surface area contributed by atoms with E-state index in [1.165, 1.54) is 24.1 Å². The minimum Gasteiger partial charge on any atom is -0.294 e. The number of hydrogen-bond acceptors (Lipinski definition) is 1. The molecular formula is C21H39N. The quantitative estimate of drug-likeness (QED) is 0.552. The van der Waals surface area contributed by atoms with E-state index in [1.807, 2.05) is 27.7 Å². The first-order chi connectivity index (χ1) is 10.2. The summed E-state index contributed by atoms with van der Waals surface area (Å²) < 4.78 is 0. The normalized spacial score (nSPS) is 15.0. The zero-order valence-electron chi connectivity index (χ0n) is 16.8. The molecule has 0 aromatic heterocycles. The zero-order chi connectivity index (χ0) is 17.6. The minimum atomic E-state index is 0.260. The summed E-state index contributed by atoms with van der Waals surface area (Å²) in [5, 5.41) is 0. The summed E-state index contributed by atoms with van der Waals surface area (Å²) in [5.41, 5.74) is 5.08. The molecule has 1 aromatic carbocycles. The second kappa shape index (κ2) is 8.72. The molecule has 0 amide bonds. The topological polar surface area (TPSA) is 3.24 Å². The van der Waals surface area contributed by atoms with Crippen LogP contribution in [0.5, 0.6) is 0 Å². The van der Waals surface area contributed by atoms with Gasteiger partial charge in [0.2, 0.25) is 0 Å². The highest BCUT2D eigenvalue weighted by molar-refractivity contribution is 5.36. The van der Waals surface area contributed by atoms with Crippen molar-refractivity contribution in [1.82, 2.24) is 4.90 Å². The Morgan fingerprint density at radius 2 is 1.36 bits per heavy atom.